The highest BCUT2D eigenvalue weighted by Gasteiger charge is 2.36. The first-order valence-corrected chi connectivity index (χ1v) is 4.44. The van der Waals surface area contributed by atoms with Crippen LogP contribution in [-0.2, 0) is 4.79 Å². The molecule has 0 aliphatic heterocycles. The molecule has 0 aromatic carbocycles. The van der Waals surface area contributed by atoms with Gasteiger partial charge in [0.1, 0.15) is 0 Å². The van der Waals surface area contributed by atoms with Gasteiger partial charge < -0.3 is 5.11 Å². The number of rotatable bonds is 2. The van der Waals surface area contributed by atoms with E-state index in [1.165, 1.54) is 0 Å². The molecule has 2 heteroatoms. The highest BCUT2D eigenvalue weighted by molar-refractivity contribution is 5.74. The maximum absolute atomic E-state index is 10.8. The molecule has 0 unspecified atom stereocenters. The predicted octanol–water partition coefficient (Wildman–Crippen LogP) is 2.45. The van der Waals surface area contributed by atoms with Crippen LogP contribution < -0.4 is 0 Å². The molecule has 1 fully saturated rings. The second kappa shape index (κ2) is 3.30. The topological polar surface area (TPSA) is 37.3 Å². The predicted molar refractivity (Wildman–Crippen MR) is 47.9 cm³/mol. The summed E-state index contributed by atoms with van der Waals surface area (Å²) < 4.78 is 0. The van der Waals surface area contributed by atoms with Gasteiger partial charge in [0.2, 0.25) is 0 Å². The fourth-order valence-electron chi connectivity index (χ4n) is 1.73. The Bertz CT molecular complexity index is 188. The van der Waals surface area contributed by atoms with Crippen LogP contribution in [0.1, 0.15) is 32.6 Å². The van der Waals surface area contributed by atoms with Crippen molar-refractivity contribution in [2.24, 2.45) is 11.3 Å². The summed E-state index contributed by atoms with van der Waals surface area (Å²) in [5.41, 5.74) is -0.473. The van der Waals surface area contributed by atoms with Crippen molar-refractivity contribution in [2.75, 3.05) is 0 Å². The zero-order chi connectivity index (χ0) is 9.19. The van der Waals surface area contributed by atoms with E-state index in [-0.39, 0.29) is 0 Å². The minimum atomic E-state index is -0.648. The number of carboxylic acids is 1. The van der Waals surface area contributed by atoms with Crippen molar-refractivity contribution in [1.82, 2.24) is 0 Å². The van der Waals surface area contributed by atoms with Gasteiger partial charge in [0.05, 0.1) is 5.41 Å². The summed E-state index contributed by atoms with van der Waals surface area (Å²) in [5.74, 6) is -0.109. The fourth-order valence-corrected chi connectivity index (χ4v) is 1.73. The number of allylic oxidation sites excluding steroid dienone is 1. The summed E-state index contributed by atoms with van der Waals surface area (Å²) in [5, 5.41) is 8.93. The van der Waals surface area contributed by atoms with Crippen LogP contribution in [0, 0.1) is 11.3 Å². The summed E-state index contributed by atoms with van der Waals surface area (Å²) in [6, 6.07) is 0. The third-order valence-corrected chi connectivity index (χ3v) is 2.98. The SMILES string of the molecule is C=CC1CCC(C)(C(=O)O)CC1. The van der Waals surface area contributed by atoms with E-state index in [4.69, 9.17) is 5.11 Å². The first kappa shape index (κ1) is 9.30. The summed E-state index contributed by atoms with van der Waals surface area (Å²) >= 11 is 0. The second-order valence-corrected chi connectivity index (χ2v) is 3.94. The Morgan fingerprint density at radius 2 is 2.08 bits per heavy atom. The summed E-state index contributed by atoms with van der Waals surface area (Å²) in [7, 11) is 0. The maximum Gasteiger partial charge on any atom is 0.309 e. The molecule has 2 nitrogen and oxygen atoms in total. The van der Waals surface area contributed by atoms with Crippen molar-refractivity contribution < 1.29 is 9.90 Å². The third kappa shape index (κ3) is 1.68. The quantitative estimate of drug-likeness (QED) is 0.643. The number of aliphatic carboxylic acids is 1. The molecule has 1 aliphatic carbocycles. The van der Waals surface area contributed by atoms with E-state index in [9.17, 15) is 4.79 Å². The van der Waals surface area contributed by atoms with Crippen LogP contribution in [0.3, 0.4) is 0 Å². The van der Waals surface area contributed by atoms with Gasteiger partial charge in [-0.15, -0.1) is 6.58 Å². The minimum Gasteiger partial charge on any atom is -0.481 e. The summed E-state index contributed by atoms with van der Waals surface area (Å²) in [4.78, 5) is 10.8. The first-order valence-electron chi connectivity index (χ1n) is 4.44. The van der Waals surface area contributed by atoms with Crippen LogP contribution in [0.15, 0.2) is 12.7 Å². The zero-order valence-corrected chi connectivity index (χ0v) is 7.55. The van der Waals surface area contributed by atoms with E-state index in [2.05, 4.69) is 6.58 Å². The Labute approximate surface area is 73.3 Å². The van der Waals surface area contributed by atoms with Crippen LogP contribution in [-0.4, -0.2) is 11.1 Å². The van der Waals surface area contributed by atoms with Gasteiger partial charge in [-0.2, -0.15) is 0 Å². The van der Waals surface area contributed by atoms with Crippen LogP contribution in [0.25, 0.3) is 0 Å². The van der Waals surface area contributed by atoms with E-state index in [0.29, 0.717) is 5.92 Å². The molecule has 0 amide bonds. The zero-order valence-electron chi connectivity index (χ0n) is 7.55. The van der Waals surface area contributed by atoms with E-state index in [1.807, 2.05) is 13.0 Å². The Hall–Kier alpha value is -0.790. The van der Waals surface area contributed by atoms with E-state index in [0.717, 1.165) is 25.7 Å². The Kier molecular flexibility index (Phi) is 2.55. The molecule has 0 spiro atoms. The largest absolute Gasteiger partial charge is 0.481 e. The maximum atomic E-state index is 10.8. The summed E-state index contributed by atoms with van der Waals surface area (Å²) in [6.45, 7) is 5.57. The standard InChI is InChI=1S/C10H16O2/c1-3-8-4-6-10(2,7-5-8)9(11)12/h3,8H,1,4-7H2,2H3,(H,11,12). The Morgan fingerprint density at radius 3 is 2.42 bits per heavy atom. The lowest BCUT2D eigenvalue weighted by Crippen LogP contribution is -2.31. The first-order chi connectivity index (χ1) is 5.58. The van der Waals surface area contributed by atoms with Gasteiger partial charge in [0.15, 0.2) is 0 Å². The number of carboxylic acid groups (broad SMARTS) is 1. The summed E-state index contributed by atoms with van der Waals surface area (Å²) in [6.07, 6.45) is 5.48. The Balaban J connectivity index is 2.55. The molecule has 0 aromatic rings. The molecule has 0 aromatic heterocycles. The molecular formula is C10H16O2. The van der Waals surface area contributed by atoms with Crippen LogP contribution in [0.5, 0.6) is 0 Å². The van der Waals surface area contributed by atoms with Crippen LogP contribution in [0.4, 0.5) is 0 Å². The lowest BCUT2D eigenvalue weighted by atomic mass is 9.72. The van der Waals surface area contributed by atoms with Crippen molar-refractivity contribution in [1.29, 1.82) is 0 Å². The average molecular weight is 168 g/mol. The molecule has 0 atom stereocenters. The lowest BCUT2D eigenvalue weighted by molar-refractivity contribution is -0.150. The van der Waals surface area contributed by atoms with Crippen molar-refractivity contribution in [3.63, 3.8) is 0 Å². The molecule has 0 radical (unpaired) electrons. The molecule has 1 rings (SSSR count). The van der Waals surface area contributed by atoms with Gasteiger partial charge in [0.25, 0.3) is 0 Å². The Morgan fingerprint density at radius 1 is 1.58 bits per heavy atom. The molecule has 1 saturated carbocycles. The van der Waals surface area contributed by atoms with E-state index >= 15 is 0 Å². The fraction of sp³-hybridized carbons (Fsp3) is 0.700. The molecule has 1 N–H and O–H groups in total. The van der Waals surface area contributed by atoms with Crippen molar-refractivity contribution in [3.8, 4) is 0 Å². The number of carbonyl (C=O) groups is 1. The molecule has 12 heavy (non-hydrogen) atoms. The second-order valence-electron chi connectivity index (χ2n) is 3.94. The number of hydrogen-bond donors (Lipinski definition) is 1. The highest BCUT2D eigenvalue weighted by atomic mass is 16.4. The van der Waals surface area contributed by atoms with Gasteiger partial charge in [-0.3, -0.25) is 4.79 Å². The molecule has 1 aliphatic rings. The van der Waals surface area contributed by atoms with Crippen molar-refractivity contribution >= 4 is 5.97 Å². The molecule has 0 saturated heterocycles. The van der Waals surface area contributed by atoms with Crippen molar-refractivity contribution in [2.45, 2.75) is 32.6 Å². The monoisotopic (exact) mass is 168 g/mol. The molecule has 68 valence electrons. The van der Waals surface area contributed by atoms with Gasteiger partial charge in [-0.1, -0.05) is 6.08 Å². The van der Waals surface area contributed by atoms with E-state index in [1.54, 1.807) is 0 Å². The normalized spacial score (nSPS) is 35.9. The highest BCUT2D eigenvalue weighted by Crippen LogP contribution is 2.38. The molecule has 0 heterocycles. The van der Waals surface area contributed by atoms with E-state index < -0.39 is 11.4 Å². The van der Waals surface area contributed by atoms with Gasteiger partial charge in [-0.25, -0.2) is 0 Å². The third-order valence-electron chi connectivity index (χ3n) is 2.98. The minimum absolute atomic E-state index is 0.473. The van der Waals surface area contributed by atoms with Gasteiger partial charge >= 0.3 is 5.97 Å². The van der Waals surface area contributed by atoms with Crippen molar-refractivity contribution in [3.05, 3.63) is 12.7 Å². The molecular weight excluding hydrogens is 152 g/mol. The van der Waals surface area contributed by atoms with Gasteiger partial charge in [0, 0.05) is 0 Å². The number of hydrogen-bond acceptors (Lipinski definition) is 1. The van der Waals surface area contributed by atoms with Gasteiger partial charge in [-0.05, 0) is 38.5 Å². The van der Waals surface area contributed by atoms with Crippen LogP contribution in [0.2, 0.25) is 0 Å². The lowest BCUT2D eigenvalue weighted by Gasteiger charge is -2.32. The molecule has 0 bridgehead atoms. The van der Waals surface area contributed by atoms with Crippen LogP contribution >= 0.6 is 0 Å². The smallest absolute Gasteiger partial charge is 0.309 e. The average Bonchev–Trinajstić information content (AvgIpc) is 2.06.